The van der Waals surface area contributed by atoms with Crippen LogP contribution >= 0.6 is 11.8 Å². The van der Waals surface area contributed by atoms with E-state index in [2.05, 4.69) is 37.0 Å². The third kappa shape index (κ3) is 2.46. The molecule has 1 unspecified atom stereocenters. The molecule has 114 valence electrons. The second-order valence-corrected chi connectivity index (χ2v) is 6.58. The minimum Gasteiger partial charge on any atom is -0.477 e. The molecule has 0 fully saturated rings. The first-order valence-electron chi connectivity index (χ1n) is 7.27. The van der Waals surface area contributed by atoms with Gasteiger partial charge in [-0.05, 0) is 30.0 Å². The highest BCUT2D eigenvalue weighted by Crippen LogP contribution is 2.40. The SMILES string of the molecule is CCC(C)c1ccc2c(c1)-c1[nH]c(C(=O)O)cc(=O)c1CS2. The molecule has 2 N–H and O–H groups in total. The normalized spacial score (nSPS) is 14.1. The summed E-state index contributed by atoms with van der Waals surface area (Å²) >= 11 is 1.62. The number of thioether (sulfide) groups is 1. The zero-order valence-electron chi connectivity index (χ0n) is 12.5. The van der Waals surface area contributed by atoms with Gasteiger partial charge in [0.1, 0.15) is 5.69 Å². The summed E-state index contributed by atoms with van der Waals surface area (Å²) in [5, 5.41) is 9.16. The molecule has 3 rings (SSSR count). The number of carboxylic acids is 1. The number of H-pyrrole nitrogens is 1. The Morgan fingerprint density at radius 2 is 2.18 bits per heavy atom. The van der Waals surface area contributed by atoms with E-state index in [-0.39, 0.29) is 11.1 Å². The van der Waals surface area contributed by atoms with Crippen molar-refractivity contribution in [3.05, 3.63) is 51.3 Å². The third-order valence-electron chi connectivity index (χ3n) is 4.19. The van der Waals surface area contributed by atoms with Crippen LogP contribution in [0.25, 0.3) is 11.3 Å². The summed E-state index contributed by atoms with van der Waals surface area (Å²) < 4.78 is 0. The van der Waals surface area contributed by atoms with E-state index in [4.69, 9.17) is 5.11 Å². The average molecular weight is 315 g/mol. The van der Waals surface area contributed by atoms with Gasteiger partial charge >= 0.3 is 5.97 Å². The Labute approximate surface area is 132 Å². The van der Waals surface area contributed by atoms with Crippen molar-refractivity contribution in [3.63, 3.8) is 0 Å². The van der Waals surface area contributed by atoms with Crippen molar-refractivity contribution < 1.29 is 9.90 Å². The largest absolute Gasteiger partial charge is 0.477 e. The molecule has 0 radical (unpaired) electrons. The fraction of sp³-hybridized carbons (Fsp3) is 0.294. The number of benzene rings is 1. The Morgan fingerprint density at radius 3 is 2.86 bits per heavy atom. The molecule has 1 atom stereocenters. The zero-order chi connectivity index (χ0) is 15.9. The molecular weight excluding hydrogens is 298 g/mol. The van der Waals surface area contributed by atoms with Crippen molar-refractivity contribution in [2.24, 2.45) is 0 Å². The lowest BCUT2D eigenvalue weighted by Crippen LogP contribution is -2.17. The molecule has 0 saturated carbocycles. The van der Waals surface area contributed by atoms with Crippen LogP contribution in [0.15, 0.2) is 34.0 Å². The molecule has 0 saturated heterocycles. The lowest BCUT2D eigenvalue weighted by atomic mass is 9.94. The second-order valence-electron chi connectivity index (χ2n) is 5.56. The van der Waals surface area contributed by atoms with Gasteiger partial charge in [0.05, 0.1) is 5.69 Å². The van der Waals surface area contributed by atoms with Crippen molar-refractivity contribution in [3.8, 4) is 11.3 Å². The molecular formula is C17H17NO3S. The van der Waals surface area contributed by atoms with Gasteiger partial charge in [0.25, 0.3) is 0 Å². The number of aromatic carboxylic acids is 1. The van der Waals surface area contributed by atoms with Crippen LogP contribution in [0.4, 0.5) is 0 Å². The summed E-state index contributed by atoms with van der Waals surface area (Å²) in [4.78, 5) is 27.4. The molecule has 0 spiro atoms. The second kappa shape index (κ2) is 5.65. The van der Waals surface area contributed by atoms with Gasteiger partial charge in [0, 0.05) is 27.8 Å². The summed E-state index contributed by atoms with van der Waals surface area (Å²) in [5.41, 5.74) is 3.18. The first-order chi connectivity index (χ1) is 10.5. The predicted molar refractivity (Wildman–Crippen MR) is 87.7 cm³/mol. The summed E-state index contributed by atoms with van der Waals surface area (Å²) in [7, 11) is 0. The van der Waals surface area contributed by atoms with E-state index in [1.165, 1.54) is 11.6 Å². The topological polar surface area (TPSA) is 70.2 Å². The van der Waals surface area contributed by atoms with E-state index in [9.17, 15) is 9.59 Å². The van der Waals surface area contributed by atoms with Crippen LogP contribution in [0.1, 0.15) is 47.8 Å². The summed E-state index contributed by atoms with van der Waals surface area (Å²) in [6.07, 6.45) is 1.03. The van der Waals surface area contributed by atoms with Crippen LogP contribution < -0.4 is 5.43 Å². The maximum Gasteiger partial charge on any atom is 0.352 e. The number of pyridine rings is 1. The molecule has 2 heterocycles. The molecule has 4 nitrogen and oxygen atoms in total. The molecule has 0 bridgehead atoms. The Bertz CT molecular complexity index is 810. The maximum atomic E-state index is 12.2. The molecule has 2 aromatic rings. The number of carbonyl (C=O) groups is 1. The van der Waals surface area contributed by atoms with Crippen LogP contribution in [0.5, 0.6) is 0 Å². The third-order valence-corrected chi connectivity index (χ3v) is 5.29. The van der Waals surface area contributed by atoms with E-state index < -0.39 is 5.97 Å². The summed E-state index contributed by atoms with van der Waals surface area (Å²) in [6.45, 7) is 4.30. The molecule has 1 aliphatic rings. The standard InChI is InChI=1S/C17H17NO3S/c1-3-9(2)10-4-5-15-11(6-10)16-12(8-22-15)14(19)7-13(18-16)17(20)21/h4-7,9H,3,8H2,1-2H3,(H,18,19)(H,20,21). The van der Waals surface area contributed by atoms with Crippen LogP contribution in [-0.2, 0) is 5.75 Å². The lowest BCUT2D eigenvalue weighted by molar-refractivity contribution is 0.0690. The molecule has 0 amide bonds. The van der Waals surface area contributed by atoms with Crippen LogP contribution in [0, 0.1) is 0 Å². The first kappa shape index (κ1) is 14.9. The maximum absolute atomic E-state index is 12.2. The van der Waals surface area contributed by atoms with Crippen molar-refractivity contribution >= 4 is 17.7 Å². The van der Waals surface area contributed by atoms with E-state index in [1.54, 1.807) is 11.8 Å². The van der Waals surface area contributed by atoms with Gasteiger partial charge in [-0.3, -0.25) is 4.79 Å². The van der Waals surface area contributed by atoms with Crippen LogP contribution in [0.3, 0.4) is 0 Å². The quantitative estimate of drug-likeness (QED) is 0.902. The smallest absolute Gasteiger partial charge is 0.352 e. The van der Waals surface area contributed by atoms with E-state index in [0.717, 1.165) is 16.9 Å². The Hall–Kier alpha value is -2.01. The van der Waals surface area contributed by atoms with Crippen LogP contribution in [-0.4, -0.2) is 16.1 Å². The molecule has 0 aliphatic carbocycles. The van der Waals surface area contributed by atoms with Crippen molar-refractivity contribution in [2.45, 2.75) is 36.8 Å². The number of carboxylic acid groups (broad SMARTS) is 1. The lowest BCUT2D eigenvalue weighted by Gasteiger charge is -2.21. The first-order valence-corrected chi connectivity index (χ1v) is 8.26. The molecule has 1 aliphatic heterocycles. The number of hydrogen-bond donors (Lipinski definition) is 2. The molecule has 22 heavy (non-hydrogen) atoms. The fourth-order valence-corrected chi connectivity index (χ4v) is 3.70. The minimum atomic E-state index is -1.11. The Morgan fingerprint density at radius 1 is 1.41 bits per heavy atom. The van der Waals surface area contributed by atoms with E-state index >= 15 is 0 Å². The summed E-state index contributed by atoms with van der Waals surface area (Å²) in [5.74, 6) is -0.118. The predicted octanol–water partition coefficient (Wildman–Crippen LogP) is 3.86. The van der Waals surface area contributed by atoms with Gasteiger partial charge in [-0.25, -0.2) is 4.79 Å². The number of hydrogen-bond acceptors (Lipinski definition) is 3. The van der Waals surface area contributed by atoms with Gasteiger partial charge in [-0.15, -0.1) is 11.8 Å². The zero-order valence-corrected chi connectivity index (χ0v) is 13.3. The fourth-order valence-electron chi connectivity index (χ4n) is 2.64. The highest BCUT2D eigenvalue weighted by atomic mass is 32.2. The van der Waals surface area contributed by atoms with Gasteiger partial charge in [-0.2, -0.15) is 0 Å². The molecule has 5 heteroatoms. The molecule has 1 aromatic carbocycles. The van der Waals surface area contributed by atoms with Crippen molar-refractivity contribution in [1.82, 2.24) is 4.98 Å². The molecule has 1 aromatic heterocycles. The van der Waals surface area contributed by atoms with Gasteiger partial charge in [-0.1, -0.05) is 19.9 Å². The highest BCUT2D eigenvalue weighted by molar-refractivity contribution is 7.98. The number of fused-ring (bicyclic) bond motifs is 3. The number of aromatic amines is 1. The van der Waals surface area contributed by atoms with Crippen molar-refractivity contribution in [2.75, 3.05) is 0 Å². The number of nitrogens with one attached hydrogen (secondary N) is 1. The highest BCUT2D eigenvalue weighted by Gasteiger charge is 2.22. The van der Waals surface area contributed by atoms with E-state index in [1.807, 2.05) is 0 Å². The Kier molecular flexibility index (Phi) is 3.83. The van der Waals surface area contributed by atoms with Gasteiger partial charge in [0.15, 0.2) is 5.43 Å². The number of rotatable bonds is 3. The number of aromatic nitrogens is 1. The monoisotopic (exact) mass is 315 g/mol. The van der Waals surface area contributed by atoms with Gasteiger partial charge < -0.3 is 10.1 Å². The Balaban J connectivity index is 2.23. The minimum absolute atomic E-state index is 0.0597. The van der Waals surface area contributed by atoms with Crippen LogP contribution in [0.2, 0.25) is 0 Å². The van der Waals surface area contributed by atoms with Gasteiger partial charge in [0.2, 0.25) is 0 Å². The summed E-state index contributed by atoms with van der Waals surface area (Å²) in [6, 6.07) is 7.43. The van der Waals surface area contributed by atoms with E-state index in [0.29, 0.717) is 22.9 Å². The van der Waals surface area contributed by atoms with Crippen molar-refractivity contribution in [1.29, 1.82) is 0 Å². The average Bonchev–Trinajstić information content (AvgIpc) is 2.53.